The first-order chi connectivity index (χ1) is 19.3. The van der Waals surface area contributed by atoms with Gasteiger partial charge in [0.25, 0.3) is 0 Å². The van der Waals surface area contributed by atoms with Gasteiger partial charge in [0.1, 0.15) is 0 Å². The Morgan fingerprint density at radius 2 is 1.25 bits per heavy atom. The molecule has 44 heavy (non-hydrogen) atoms. The van der Waals surface area contributed by atoms with Crippen molar-refractivity contribution in [2.75, 3.05) is 0 Å². The van der Waals surface area contributed by atoms with Gasteiger partial charge < -0.3 is 24.8 Å². The molecule has 0 bridgehead atoms. The van der Waals surface area contributed by atoms with E-state index in [4.69, 9.17) is 0 Å². The number of fused-ring (bicyclic) bond motifs is 3. The van der Waals surface area contributed by atoms with Crippen LogP contribution in [-0.2, 0) is 46.9 Å². The number of hydrogen-bond acceptors (Lipinski definition) is 0. The summed E-state index contributed by atoms with van der Waals surface area (Å²) in [6.45, 7) is 29.0. The van der Waals surface area contributed by atoms with E-state index in [9.17, 15) is 0 Å². The standard InChI is InChI=1S/C21H25.C11H17.C9H10.2ClH.Zr/c1-20(2,3)16-9-7-14-11-15-8-10-17(21(4,5)6)13-19(15)18(14)12-16;1-8-6-9(2)10(7-8)11(3,4)5;1-3-9-6-4-8(2)5-7-9;;;/h7,9-10,12-13H,11H2,1-6H3;6-7H,1-5H3;4-7H,1-2H3;2*1H;/q2*-1;;;;+2/p-2. The molecule has 236 valence electrons. The molecule has 0 nitrogen and oxygen atoms in total. The van der Waals surface area contributed by atoms with Crippen LogP contribution in [0.2, 0.25) is 0 Å². The summed E-state index contributed by atoms with van der Waals surface area (Å²) in [5.41, 5.74) is 16.1. The van der Waals surface area contributed by atoms with Gasteiger partial charge in [-0.3, -0.25) is 0 Å². The molecule has 0 saturated heterocycles. The van der Waals surface area contributed by atoms with Crippen molar-refractivity contribution in [1.82, 2.24) is 0 Å². The molecular weight excluding hydrogens is 655 g/mol. The van der Waals surface area contributed by atoms with E-state index < -0.39 is 0 Å². The Hall–Kier alpha value is -1.66. The average molecular weight is 707 g/mol. The van der Waals surface area contributed by atoms with E-state index in [1.165, 1.54) is 88.6 Å². The van der Waals surface area contributed by atoms with Gasteiger partial charge in [-0.2, -0.15) is 52.1 Å². The summed E-state index contributed by atoms with van der Waals surface area (Å²) >= 11 is 1.51. The van der Waals surface area contributed by atoms with Crippen LogP contribution in [0.5, 0.6) is 0 Å². The third-order valence-corrected chi connectivity index (χ3v) is 8.77. The summed E-state index contributed by atoms with van der Waals surface area (Å²) in [6, 6.07) is 28.3. The Morgan fingerprint density at radius 1 is 0.705 bits per heavy atom. The van der Waals surface area contributed by atoms with Crippen LogP contribution in [0.15, 0.2) is 66.7 Å². The van der Waals surface area contributed by atoms with Crippen molar-refractivity contribution < 1.29 is 49.0 Å². The van der Waals surface area contributed by atoms with Crippen molar-refractivity contribution in [2.24, 2.45) is 0 Å². The molecule has 3 heteroatoms. The van der Waals surface area contributed by atoms with Gasteiger partial charge >= 0.3 is 76.7 Å². The minimum absolute atomic E-state index is 0. The normalized spacial score (nSPS) is 11.9. The van der Waals surface area contributed by atoms with Crippen molar-refractivity contribution in [3.05, 3.63) is 123 Å². The molecule has 0 radical (unpaired) electrons. The quantitative estimate of drug-likeness (QED) is 0.214. The second kappa shape index (κ2) is 15.8. The molecule has 0 N–H and O–H groups in total. The van der Waals surface area contributed by atoms with E-state index in [0.29, 0.717) is 5.41 Å². The van der Waals surface area contributed by atoms with Crippen LogP contribution in [0, 0.1) is 26.8 Å². The Kier molecular flexibility index (Phi) is 14.5. The number of aryl methyl sites for hydroxylation is 3. The van der Waals surface area contributed by atoms with Gasteiger partial charge in [0.05, 0.1) is 0 Å². The first kappa shape index (κ1) is 40.4. The first-order valence-electron chi connectivity index (χ1n) is 15.3. The Balaban J connectivity index is 0.000000358. The minimum Gasteiger partial charge on any atom is -1.00 e. The van der Waals surface area contributed by atoms with Gasteiger partial charge in [-0.1, -0.05) is 116 Å². The zero-order valence-electron chi connectivity index (χ0n) is 29.3. The molecule has 1 aliphatic rings. The fourth-order valence-electron chi connectivity index (χ4n) is 5.40. The summed E-state index contributed by atoms with van der Waals surface area (Å²) in [5, 5.41) is 0. The van der Waals surface area contributed by atoms with Crippen LogP contribution >= 0.6 is 0 Å². The van der Waals surface area contributed by atoms with E-state index in [1.54, 1.807) is 0 Å². The van der Waals surface area contributed by atoms with Gasteiger partial charge in [-0.25, -0.2) is 6.07 Å². The van der Waals surface area contributed by atoms with E-state index in [1.807, 2.05) is 0 Å². The van der Waals surface area contributed by atoms with Crippen LogP contribution < -0.4 is 24.8 Å². The molecule has 0 spiro atoms. The van der Waals surface area contributed by atoms with Gasteiger partial charge in [0, 0.05) is 0 Å². The number of benzene rings is 3. The number of halogens is 2. The molecule has 4 aromatic carbocycles. The maximum atomic E-state index is 3.53. The molecule has 0 unspecified atom stereocenters. The summed E-state index contributed by atoms with van der Waals surface area (Å²) < 4.78 is 1.46. The molecule has 0 saturated carbocycles. The zero-order valence-corrected chi connectivity index (χ0v) is 33.3. The van der Waals surface area contributed by atoms with Crippen molar-refractivity contribution in [3.63, 3.8) is 0 Å². The zero-order chi connectivity index (χ0) is 31.6. The smallest absolute Gasteiger partial charge is 0.0632 e. The van der Waals surface area contributed by atoms with Crippen molar-refractivity contribution in [3.8, 4) is 11.1 Å². The monoisotopic (exact) mass is 704 g/mol. The molecule has 0 atom stereocenters. The molecule has 1 aliphatic carbocycles. The van der Waals surface area contributed by atoms with Crippen molar-refractivity contribution in [2.45, 2.75) is 113 Å². The van der Waals surface area contributed by atoms with Gasteiger partial charge in [-0.05, 0) is 17.4 Å². The van der Waals surface area contributed by atoms with Crippen molar-refractivity contribution in [1.29, 1.82) is 0 Å². The summed E-state index contributed by atoms with van der Waals surface area (Å²) in [4.78, 5) is 0. The van der Waals surface area contributed by atoms with E-state index >= 15 is 0 Å². The third kappa shape index (κ3) is 10.7. The van der Waals surface area contributed by atoms with Gasteiger partial charge in [0.2, 0.25) is 0 Å². The predicted octanol–water partition coefficient (Wildman–Crippen LogP) is 5.06. The molecule has 0 heterocycles. The Morgan fingerprint density at radius 3 is 1.68 bits per heavy atom. The van der Waals surface area contributed by atoms with Crippen LogP contribution in [0.3, 0.4) is 0 Å². The van der Waals surface area contributed by atoms with Gasteiger partial charge in [-0.15, -0.1) is 5.56 Å². The summed E-state index contributed by atoms with van der Waals surface area (Å²) in [5.74, 6) is 0. The number of rotatable bonds is 1. The van der Waals surface area contributed by atoms with Gasteiger partial charge in [0.15, 0.2) is 0 Å². The Bertz CT molecular complexity index is 1470. The predicted molar refractivity (Wildman–Crippen MR) is 182 cm³/mol. The maximum Gasteiger partial charge on any atom is -0.0632 e. The fraction of sp³-hybridized carbons (Fsp3) is 0.415. The molecule has 4 aromatic rings. The SMILES string of the molecule is CC(C)(C)c1c[c-]c2c(c1)-c1cc(C(C)(C)C)ccc1C2.C[C](=[Zr+2])c1ccc(C)cc1.Cc1cc(C(C)(C)C)c(C)[cH-]1.[Cl-].[Cl-]. The summed E-state index contributed by atoms with van der Waals surface area (Å²) in [7, 11) is 0. The second-order valence-electron chi connectivity index (χ2n) is 15.2. The summed E-state index contributed by atoms with van der Waals surface area (Å²) in [6.07, 6.45) is 1.03. The van der Waals surface area contributed by atoms with Crippen LogP contribution in [0.1, 0.15) is 119 Å². The molecular formula is C41H52Cl2Zr-2. The largest absolute Gasteiger partial charge is 1.00 e. The second-order valence-corrected chi connectivity index (χ2v) is 17.0. The van der Waals surface area contributed by atoms with Crippen LogP contribution in [0.4, 0.5) is 0 Å². The molecule has 0 amide bonds. The fourth-order valence-corrected chi connectivity index (χ4v) is 5.81. The average Bonchev–Trinajstić information content (AvgIpc) is 3.42. The van der Waals surface area contributed by atoms with Crippen LogP contribution in [0.25, 0.3) is 11.1 Å². The third-order valence-electron chi connectivity index (χ3n) is 8.06. The molecule has 0 aliphatic heterocycles. The van der Waals surface area contributed by atoms with Crippen molar-refractivity contribution >= 4 is 3.21 Å². The van der Waals surface area contributed by atoms with E-state index in [0.717, 1.165) is 6.42 Å². The molecule has 0 fully saturated rings. The number of hydrogen-bond donors (Lipinski definition) is 0. The molecule has 0 aromatic heterocycles. The Labute approximate surface area is 297 Å². The minimum atomic E-state index is 0. The van der Waals surface area contributed by atoms with Crippen LogP contribution in [-0.4, -0.2) is 3.21 Å². The topological polar surface area (TPSA) is 0 Å². The first-order valence-corrected chi connectivity index (χ1v) is 16.6. The maximum absolute atomic E-state index is 3.53. The molecule has 5 rings (SSSR count). The van der Waals surface area contributed by atoms with E-state index in [-0.39, 0.29) is 35.6 Å². The van der Waals surface area contributed by atoms with E-state index in [2.05, 4.69) is 163 Å².